The summed E-state index contributed by atoms with van der Waals surface area (Å²) in [7, 11) is 0. The van der Waals surface area contributed by atoms with Gasteiger partial charge in [-0.2, -0.15) is 17.0 Å². The van der Waals surface area contributed by atoms with Crippen molar-refractivity contribution < 1.29 is 24.6 Å². The molecule has 1 amide bonds. The Labute approximate surface area is 183 Å². The second-order valence-electron chi connectivity index (χ2n) is 7.99. The fourth-order valence-electron chi connectivity index (χ4n) is 3.76. The Morgan fingerprint density at radius 1 is 0.933 bits per heavy atom. The van der Waals surface area contributed by atoms with Crippen molar-refractivity contribution in [3.05, 3.63) is 0 Å². The monoisotopic (exact) mass is 441 g/mol. The molecule has 2 saturated carbocycles. The summed E-state index contributed by atoms with van der Waals surface area (Å²) in [5.74, 6) is -4.10. The van der Waals surface area contributed by atoms with Crippen LogP contribution in [0.1, 0.15) is 71.1 Å². The molecular weight excluding hydrogens is 406 g/mol. The molecule has 8 nitrogen and oxygen atoms in total. The zero-order chi connectivity index (χ0) is 22.4. The lowest BCUT2D eigenvalue weighted by molar-refractivity contribution is -0.140. The molecule has 170 valence electrons. The van der Waals surface area contributed by atoms with Crippen LogP contribution in [0, 0.1) is 17.2 Å². The summed E-state index contributed by atoms with van der Waals surface area (Å²) in [6.45, 7) is 1.19. The number of nitrogens with one attached hydrogen (secondary N) is 2. The number of hydrogen-bond acceptors (Lipinski definition) is 6. The van der Waals surface area contributed by atoms with Crippen LogP contribution in [-0.2, 0) is 14.4 Å². The number of nitrogens with zero attached hydrogens (tertiary/aromatic N) is 1. The normalized spacial score (nSPS) is 19.5. The molecule has 0 heterocycles. The van der Waals surface area contributed by atoms with E-state index in [0.717, 1.165) is 23.8 Å². The highest BCUT2D eigenvalue weighted by Crippen LogP contribution is 2.22. The van der Waals surface area contributed by atoms with E-state index in [2.05, 4.69) is 10.6 Å². The minimum Gasteiger partial charge on any atom is -0.480 e. The standard InChI is InChI=1S/C12H23N.C9H12N2O5S/c1-3-7-11(8-4-1)13-12-9-5-2-6-10-12;1-5(12)11-7(9(15)16)4-17-3-6(2-10)8(13)14/h11-13H,1-10H2;6-7H,3-4H2,1H3,(H,11,12)(H,13,14)(H,15,16)/t;6?,7-/m.0/s1. The predicted octanol–water partition coefficient (Wildman–Crippen LogP) is 2.77. The SMILES string of the molecule is C1CCC(NC2CCCCC2)CC1.CC(=O)N[C@@H](CSCC(C#N)C(=O)O)C(=O)O. The van der Waals surface area contributed by atoms with Gasteiger partial charge in [-0.15, -0.1) is 0 Å². The van der Waals surface area contributed by atoms with Gasteiger partial charge < -0.3 is 20.8 Å². The minimum atomic E-state index is -1.24. The molecule has 0 aromatic heterocycles. The first-order valence-corrected chi connectivity index (χ1v) is 11.9. The number of hydrogen-bond donors (Lipinski definition) is 4. The number of carbonyl (C=O) groups excluding carboxylic acids is 1. The van der Waals surface area contributed by atoms with Crippen LogP contribution in [0.5, 0.6) is 0 Å². The molecule has 2 atom stereocenters. The lowest BCUT2D eigenvalue weighted by Gasteiger charge is -2.30. The molecule has 0 saturated heterocycles. The van der Waals surface area contributed by atoms with Gasteiger partial charge in [0.2, 0.25) is 5.91 Å². The number of aliphatic carboxylic acids is 2. The molecule has 30 heavy (non-hydrogen) atoms. The Morgan fingerprint density at radius 2 is 1.43 bits per heavy atom. The Morgan fingerprint density at radius 3 is 1.80 bits per heavy atom. The van der Waals surface area contributed by atoms with Crippen molar-refractivity contribution in [2.45, 2.75) is 89.3 Å². The van der Waals surface area contributed by atoms with E-state index in [1.807, 2.05) is 0 Å². The van der Waals surface area contributed by atoms with Crippen LogP contribution in [0.2, 0.25) is 0 Å². The Balaban J connectivity index is 0.000000308. The number of rotatable bonds is 9. The third-order valence-corrected chi connectivity index (χ3v) is 6.52. The fraction of sp³-hybridized carbons (Fsp3) is 0.810. The van der Waals surface area contributed by atoms with Crippen LogP contribution in [0.4, 0.5) is 0 Å². The van der Waals surface area contributed by atoms with Gasteiger partial charge in [0, 0.05) is 30.5 Å². The van der Waals surface area contributed by atoms with Crippen molar-refractivity contribution in [1.29, 1.82) is 5.26 Å². The van der Waals surface area contributed by atoms with Gasteiger partial charge in [0.15, 0.2) is 5.92 Å². The molecule has 0 aromatic carbocycles. The van der Waals surface area contributed by atoms with Crippen LogP contribution in [-0.4, -0.2) is 57.7 Å². The van der Waals surface area contributed by atoms with Gasteiger partial charge in [0.05, 0.1) is 6.07 Å². The average Bonchev–Trinajstić information content (AvgIpc) is 2.71. The first kappa shape index (κ1) is 26.2. The van der Waals surface area contributed by atoms with E-state index >= 15 is 0 Å². The zero-order valence-electron chi connectivity index (χ0n) is 17.8. The van der Waals surface area contributed by atoms with Crippen molar-refractivity contribution in [2.24, 2.45) is 5.92 Å². The molecule has 0 radical (unpaired) electrons. The molecule has 2 rings (SSSR count). The molecule has 0 aromatic rings. The quantitative estimate of drug-likeness (QED) is 0.428. The summed E-state index contributed by atoms with van der Waals surface area (Å²) in [6, 6.07) is 2.26. The number of carboxylic acid groups (broad SMARTS) is 2. The van der Waals surface area contributed by atoms with Crippen molar-refractivity contribution in [3.8, 4) is 6.07 Å². The zero-order valence-corrected chi connectivity index (χ0v) is 18.6. The Kier molecular flexibility index (Phi) is 13.2. The van der Waals surface area contributed by atoms with E-state index < -0.39 is 29.8 Å². The molecule has 0 aliphatic heterocycles. The van der Waals surface area contributed by atoms with Gasteiger partial charge in [0.1, 0.15) is 6.04 Å². The van der Waals surface area contributed by atoms with Gasteiger partial charge in [-0.3, -0.25) is 9.59 Å². The molecule has 0 bridgehead atoms. The Bertz CT molecular complexity index is 568. The number of carbonyl (C=O) groups is 3. The third-order valence-electron chi connectivity index (χ3n) is 5.38. The van der Waals surface area contributed by atoms with Crippen LogP contribution in [0.3, 0.4) is 0 Å². The van der Waals surface area contributed by atoms with E-state index in [9.17, 15) is 14.4 Å². The lowest BCUT2D eigenvalue weighted by Crippen LogP contribution is -2.41. The van der Waals surface area contributed by atoms with Crippen molar-refractivity contribution >= 4 is 29.6 Å². The first-order valence-electron chi connectivity index (χ1n) is 10.8. The molecule has 2 aliphatic carbocycles. The van der Waals surface area contributed by atoms with Gasteiger partial charge >= 0.3 is 11.9 Å². The largest absolute Gasteiger partial charge is 0.480 e. The summed E-state index contributed by atoms with van der Waals surface area (Å²) >= 11 is 0.994. The molecule has 2 fully saturated rings. The van der Waals surface area contributed by atoms with Crippen molar-refractivity contribution in [1.82, 2.24) is 10.6 Å². The maximum absolute atomic E-state index is 10.7. The van der Waals surface area contributed by atoms with Gasteiger partial charge in [0.25, 0.3) is 0 Å². The smallest absolute Gasteiger partial charge is 0.327 e. The minimum absolute atomic E-state index is 0.0143. The fourth-order valence-corrected chi connectivity index (χ4v) is 4.81. The first-order chi connectivity index (χ1) is 14.3. The second kappa shape index (κ2) is 15.1. The summed E-state index contributed by atoms with van der Waals surface area (Å²) in [5, 5.41) is 31.9. The maximum atomic E-state index is 10.7. The van der Waals surface area contributed by atoms with Gasteiger partial charge in [-0.25, -0.2) is 4.79 Å². The van der Waals surface area contributed by atoms with Crippen LogP contribution < -0.4 is 10.6 Å². The van der Waals surface area contributed by atoms with E-state index in [0.29, 0.717) is 0 Å². The highest BCUT2D eigenvalue weighted by Gasteiger charge is 2.21. The summed E-state index contributed by atoms with van der Waals surface area (Å²) in [5.41, 5.74) is 0. The number of amides is 1. The van der Waals surface area contributed by atoms with Crippen molar-refractivity contribution in [3.63, 3.8) is 0 Å². The maximum Gasteiger partial charge on any atom is 0.327 e. The highest BCUT2D eigenvalue weighted by molar-refractivity contribution is 7.99. The third kappa shape index (κ3) is 11.4. The molecular formula is C21H35N3O5S. The topological polar surface area (TPSA) is 140 Å². The van der Waals surface area contributed by atoms with Gasteiger partial charge in [-0.1, -0.05) is 38.5 Å². The summed E-state index contributed by atoms with van der Waals surface area (Å²) in [6.07, 6.45) is 14.6. The van der Waals surface area contributed by atoms with Crippen LogP contribution >= 0.6 is 11.8 Å². The van der Waals surface area contributed by atoms with E-state index in [1.165, 1.54) is 71.1 Å². The number of carboxylic acids is 2. The Hall–Kier alpha value is -1.79. The number of thioether (sulfide) groups is 1. The summed E-state index contributed by atoms with van der Waals surface area (Å²) < 4.78 is 0. The molecule has 1 unspecified atom stereocenters. The summed E-state index contributed by atoms with van der Waals surface area (Å²) in [4.78, 5) is 31.9. The van der Waals surface area contributed by atoms with E-state index in [-0.39, 0.29) is 11.5 Å². The van der Waals surface area contributed by atoms with E-state index in [4.69, 9.17) is 15.5 Å². The molecule has 4 N–H and O–H groups in total. The highest BCUT2D eigenvalue weighted by atomic mass is 32.2. The lowest BCUT2D eigenvalue weighted by atomic mass is 9.91. The molecule has 9 heteroatoms. The van der Waals surface area contributed by atoms with Crippen molar-refractivity contribution in [2.75, 3.05) is 11.5 Å². The predicted molar refractivity (Wildman–Crippen MR) is 116 cm³/mol. The van der Waals surface area contributed by atoms with E-state index in [1.54, 1.807) is 6.07 Å². The number of nitriles is 1. The molecule has 0 spiro atoms. The van der Waals surface area contributed by atoms with Crippen LogP contribution in [0.15, 0.2) is 0 Å². The second-order valence-corrected chi connectivity index (χ2v) is 9.06. The average molecular weight is 442 g/mol. The van der Waals surface area contributed by atoms with Crippen LogP contribution in [0.25, 0.3) is 0 Å². The molecule has 2 aliphatic rings. The van der Waals surface area contributed by atoms with Gasteiger partial charge in [-0.05, 0) is 25.7 Å².